The molecule has 0 atom stereocenters. The molecule has 33 heavy (non-hydrogen) atoms. The normalized spacial score (nSPS) is 11.3. The van der Waals surface area contributed by atoms with Crippen molar-refractivity contribution in [1.29, 1.82) is 0 Å². The van der Waals surface area contributed by atoms with E-state index in [1.54, 1.807) is 12.1 Å². The van der Waals surface area contributed by atoms with Gasteiger partial charge in [-0.3, -0.25) is 10.1 Å². The number of amides is 1. The van der Waals surface area contributed by atoms with Crippen LogP contribution in [0.2, 0.25) is 0 Å². The molecule has 0 aliphatic rings. The Morgan fingerprint density at radius 3 is 1.48 bits per heavy atom. The van der Waals surface area contributed by atoms with E-state index in [2.05, 4.69) is 51.7 Å². The van der Waals surface area contributed by atoms with Crippen molar-refractivity contribution in [2.45, 2.75) is 0 Å². The third-order valence-corrected chi connectivity index (χ3v) is 9.47. The van der Waals surface area contributed by atoms with Gasteiger partial charge in [0, 0.05) is 10.5 Å². The fourth-order valence-electron chi connectivity index (χ4n) is 3.88. The second-order valence-electron chi connectivity index (χ2n) is 7.22. The first-order chi connectivity index (χ1) is 16.3. The molecule has 0 saturated heterocycles. The highest BCUT2D eigenvalue weighted by atomic mass is 31.2. The Bertz CT molecular complexity index is 1190. The first-order valence-corrected chi connectivity index (χ1v) is 12.2. The van der Waals surface area contributed by atoms with Gasteiger partial charge in [-0.25, -0.2) is 0 Å². The fraction of sp³-hybridized carbons (Fsp3) is 0. The van der Waals surface area contributed by atoms with E-state index in [9.17, 15) is 4.79 Å². The summed E-state index contributed by atoms with van der Waals surface area (Å²) >= 11 is 0. The molecule has 0 saturated carbocycles. The Morgan fingerprint density at radius 1 is 0.697 bits per heavy atom. The molecule has 0 aliphatic carbocycles. The molecule has 0 radical (unpaired) electrons. The van der Waals surface area contributed by atoms with Gasteiger partial charge in [0.05, 0.1) is 6.20 Å². The predicted octanol–water partition coefficient (Wildman–Crippen LogP) is 5.52. The van der Waals surface area contributed by atoms with Gasteiger partial charge in [0.1, 0.15) is 15.9 Å². The van der Waals surface area contributed by atoms with Crippen LogP contribution in [0.4, 0.5) is 0 Å². The van der Waals surface area contributed by atoms with Crippen LogP contribution in [-0.4, -0.2) is 5.91 Å². The molecule has 1 N–H and O–H groups in total. The summed E-state index contributed by atoms with van der Waals surface area (Å²) in [5.74, 6) is -0.262. The van der Waals surface area contributed by atoms with Gasteiger partial charge in [0.15, 0.2) is 12.7 Å². The lowest BCUT2D eigenvalue weighted by molar-refractivity contribution is 0.0968. The summed E-state index contributed by atoms with van der Waals surface area (Å²) < 4.78 is 0. The number of rotatable bonds is 7. The van der Waals surface area contributed by atoms with Gasteiger partial charge < -0.3 is 0 Å². The number of hydrogen-bond acceptors (Lipinski definition) is 2. The van der Waals surface area contributed by atoms with E-state index in [4.69, 9.17) is 5.53 Å². The van der Waals surface area contributed by atoms with Crippen molar-refractivity contribution < 1.29 is 4.79 Å². The van der Waals surface area contributed by atoms with Crippen molar-refractivity contribution in [2.75, 3.05) is 0 Å². The summed E-state index contributed by atoms with van der Waals surface area (Å²) in [6.07, 6.45) is 1.45. The second kappa shape index (κ2) is 10.4. The Hall–Kier alpha value is -4.17. The Kier molecular flexibility index (Phi) is 6.96. The SMILES string of the molecule is [N-]=[N+]=NC=C(NC(=O)c1ccccc1)[P+](c1ccccc1)(c1ccccc1)c1ccccc1. The highest BCUT2D eigenvalue weighted by Gasteiger charge is 2.50. The Balaban J connectivity index is 2.02. The summed E-state index contributed by atoms with van der Waals surface area (Å²) in [6, 6.07) is 39.2. The summed E-state index contributed by atoms with van der Waals surface area (Å²) in [4.78, 5) is 16.3. The molecule has 0 aromatic heterocycles. The standard InChI is InChI=1S/C27H21N4OP/c28-31-29-21-26(30-27(32)22-13-5-1-6-14-22)33(23-15-7-2-8-16-23,24-17-9-3-10-18-24)25-19-11-4-12-20-25/h1-21H/p+1. The zero-order valence-corrected chi connectivity index (χ0v) is 18.7. The average molecular weight is 449 g/mol. The van der Waals surface area contributed by atoms with Gasteiger partial charge in [-0.1, -0.05) is 77.9 Å². The van der Waals surface area contributed by atoms with E-state index in [1.807, 2.05) is 72.8 Å². The number of hydrogen-bond donors (Lipinski definition) is 1. The summed E-state index contributed by atoms with van der Waals surface area (Å²) in [5.41, 5.74) is 10.2. The summed E-state index contributed by atoms with van der Waals surface area (Å²) in [7, 11) is -2.60. The smallest absolute Gasteiger partial charge is 0.258 e. The predicted molar refractivity (Wildman–Crippen MR) is 136 cm³/mol. The maximum absolute atomic E-state index is 13.3. The molecule has 0 fully saturated rings. The minimum Gasteiger partial charge on any atom is -0.292 e. The van der Waals surface area contributed by atoms with E-state index in [-0.39, 0.29) is 5.91 Å². The molecule has 6 heteroatoms. The molecular weight excluding hydrogens is 427 g/mol. The van der Waals surface area contributed by atoms with Crippen LogP contribution in [0.5, 0.6) is 0 Å². The van der Waals surface area contributed by atoms with Gasteiger partial charge in [-0.05, 0) is 54.1 Å². The van der Waals surface area contributed by atoms with Crippen LogP contribution in [0, 0.1) is 0 Å². The largest absolute Gasteiger partial charge is 0.292 e. The third kappa shape index (κ3) is 4.56. The summed E-state index contributed by atoms with van der Waals surface area (Å²) in [5, 5.41) is 10.0. The van der Waals surface area contributed by atoms with E-state index in [0.29, 0.717) is 11.0 Å². The topological polar surface area (TPSA) is 77.9 Å². The number of benzene rings is 4. The zero-order valence-electron chi connectivity index (χ0n) is 17.8. The van der Waals surface area contributed by atoms with Gasteiger partial charge >= 0.3 is 0 Å². The van der Waals surface area contributed by atoms with E-state index >= 15 is 0 Å². The van der Waals surface area contributed by atoms with E-state index < -0.39 is 7.26 Å². The monoisotopic (exact) mass is 449 g/mol. The molecule has 0 heterocycles. The molecule has 160 valence electrons. The molecule has 1 amide bonds. The lowest BCUT2D eigenvalue weighted by atomic mass is 10.2. The van der Waals surface area contributed by atoms with Crippen molar-refractivity contribution in [3.05, 3.63) is 149 Å². The molecule has 0 unspecified atom stereocenters. The van der Waals surface area contributed by atoms with Crippen LogP contribution in [0.3, 0.4) is 0 Å². The zero-order chi connectivity index (χ0) is 22.9. The minimum atomic E-state index is -2.60. The van der Waals surface area contributed by atoms with Crippen molar-refractivity contribution in [1.82, 2.24) is 5.32 Å². The maximum Gasteiger partial charge on any atom is 0.258 e. The molecule has 4 rings (SSSR count). The van der Waals surface area contributed by atoms with Gasteiger partial charge in [-0.15, -0.1) is 0 Å². The molecule has 0 bridgehead atoms. The molecule has 0 spiro atoms. The number of azide groups is 1. The first-order valence-electron chi connectivity index (χ1n) is 10.4. The van der Waals surface area contributed by atoms with Crippen LogP contribution in [-0.2, 0) is 0 Å². The molecule has 0 aliphatic heterocycles. The Labute approximate surface area is 193 Å². The van der Waals surface area contributed by atoms with Crippen LogP contribution >= 0.6 is 7.26 Å². The van der Waals surface area contributed by atoms with E-state index in [1.165, 1.54) is 6.20 Å². The number of nitrogens with one attached hydrogen (secondary N) is 1. The fourth-order valence-corrected chi connectivity index (χ4v) is 7.96. The Morgan fingerprint density at radius 2 is 1.09 bits per heavy atom. The summed E-state index contributed by atoms with van der Waals surface area (Å²) in [6.45, 7) is 0. The minimum absolute atomic E-state index is 0.262. The molecule has 4 aromatic rings. The highest BCUT2D eigenvalue weighted by molar-refractivity contribution is 7.99. The quantitative estimate of drug-likeness (QED) is 0.171. The van der Waals surface area contributed by atoms with Gasteiger partial charge in [0.2, 0.25) is 0 Å². The lowest BCUT2D eigenvalue weighted by Gasteiger charge is -2.29. The van der Waals surface area contributed by atoms with Crippen molar-refractivity contribution in [2.24, 2.45) is 5.11 Å². The lowest BCUT2D eigenvalue weighted by Crippen LogP contribution is -2.38. The molecule has 4 aromatic carbocycles. The van der Waals surface area contributed by atoms with Crippen LogP contribution < -0.4 is 21.2 Å². The highest BCUT2D eigenvalue weighted by Crippen LogP contribution is 2.61. The number of nitrogens with zero attached hydrogens (tertiary/aromatic N) is 3. The van der Waals surface area contributed by atoms with Crippen molar-refractivity contribution >= 4 is 29.1 Å². The van der Waals surface area contributed by atoms with Gasteiger partial charge in [-0.2, -0.15) is 0 Å². The average Bonchev–Trinajstić information content (AvgIpc) is 2.90. The van der Waals surface area contributed by atoms with E-state index in [0.717, 1.165) is 15.9 Å². The molecule has 5 nitrogen and oxygen atoms in total. The maximum atomic E-state index is 13.3. The molecular formula is C27H22N4OP+. The third-order valence-electron chi connectivity index (χ3n) is 5.30. The van der Waals surface area contributed by atoms with Crippen LogP contribution in [0.15, 0.2) is 138 Å². The van der Waals surface area contributed by atoms with Crippen LogP contribution in [0.1, 0.15) is 10.4 Å². The number of carbonyl (C=O) groups excluding carboxylic acids is 1. The van der Waals surface area contributed by atoms with Crippen molar-refractivity contribution in [3.63, 3.8) is 0 Å². The van der Waals surface area contributed by atoms with Gasteiger partial charge in [0.25, 0.3) is 5.91 Å². The van der Waals surface area contributed by atoms with Crippen LogP contribution in [0.25, 0.3) is 10.4 Å². The first kappa shape index (κ1) is 22.0. The van der Waals surface area contributed by atoms with Crippen molar-refractivity contribution in [3.8, 4) is 0 Å². The number of carbonyl (C=O) groups is 1. The second-order valence-corrected chi connectivity index (χ2v) is 10.6.